The van der Waals surface area contributed by atoms with Gasteiger partial charge in [-0.15, -0.1) is 0 Å². The molecule has 2 aromatic rings. The van der Waals surface area contributed by atoms with Gasteiger partial charge in [-0.05, 0) is 25.0 Å². The molecule has 8 nitrogen and oxygen atoms in total. The van der Waals surface area contributed by atoms with E-state index < -0.39 is 12.5 Å². The fraction of sp³-hybridized carbons (Fsp3) is 0.450. The highest BCUT2D eigenvalue weighted by atomic mass is 35.5. The van der Waals surface area contributed by atoms with Crippen LogP contribution >= 0.6 is 11.6 Å². The van der Waals surface area contributed by atoms with Crippen LogP contribution in [-0.2, 0) is 17.8 Å². The van der Waals surface area contributed by atoms with Crippen molar-refractivity contribution in [1.29, 1.82) is 0 Å². The second-order valence-electron chi connectivity index (χ2n) is 7.68. The number of nitrogens with two attached hydrogens (primary N) is 1. The third-order valence-corrected chi connectivity index (χ3v) is 6.01. The Bertz CT molecular complexity index is 999. The van der Waals surface area contributed by atoms with Gasteiger partial charge in [-0.1, -0.05) is 23.7 Å². The molecule has 1 fully saturated rings. The Kier molecular flexibility index (Phi) is 6.10. The topological polar surface area (TPSA) is 102 Å². The van der Waals surface area contributed by atoms with Crippen molar-refractivity contribution in [3.63, 3.8) is 0 Å². The second-order valence-corrected chi connectivity index (χ2v) is 8.11. The molecule has 3 N–H and O–H groups in total. The summed E-state index contributed by atoms with van der Waals surface area (Å²) in [7, 11) is 0. The van der Waals surface area contributed by atoms with Crippen LogP contribution in [0.15, 0.2) is 24.3 Å². The minimum atomic E-state index is -2.82. The molecule has 1 aromatic heterocycles. The Balaban J connectivity index is 1.49. The molecule has 0 saturated heterocycles. The van der Waals surface area contributed by atoms with E-state index in [1.54, 1.807) is 33.8 Å². The first-order valence-electron chi connectivity index (χ1n) is 9.94. The standard InChI is InChI=1S/C20H22ClF2N5O3/c21-13-3-1-2-11(8-13)17-16(18(24)29)15-9-27(6-7-28(15)26-17)20(30)25-14-5-4-12(14)10-31-19(22)23/h1-3,8,12,14,19H,4-7,9-10H2,(H2,24,29)(H,25,30)/t12?,14-/m1/s1. The molecule has 1 aliphatic carbocycles. The van der Waals surface area contributed by atoms with Crippen LogP contribution in [0.25, 0.3) is 11.3 Å². The lowest BCUT2D eigenvalue weighted by Crippen LogP contribution is -2.54. The number of carbonyl (C=O) groups is 2. The predicted octanol–water partition coefficient (Wildman–Crippen LogP) is 2.85. The van der Waals surface area contributed by atoms with Crippen molar-refractivity contribution in [2.24, 2.45) is 11.7 Å². The Hall–Kier alpha value is -2.72. The molecule has 1 aliphatic heterocycles. The van der Waals surface area contributed by atoms with Crippen LogP contribution in [-0.4, -0.2) is 52.4 Å². The molecule has 11 heteroatoms. The molecule has 3 amide bonds. The van der Waals surface area contributed by atoms with Crippen LogP contribution in [0.5, 0.6) is 0 Å². The summed E-state index contributed by atoms with van der Waals surface area (Å²) in [5.41, 5.74) is 7.54. The number of ether oxygens (including phenoxy) is 1. The number of primary amides is 1. The van der Waals surface area contributed by atoms with Crippen LogP contribution in [0.3, 0.4) is 0 Å². The maximum Gasteiger partial charge on any atom is 0.345 e. The minimum absolute atomic E-state index is 0.0931. The van der Waals surface area contributed by atoms with Crippen LogP contribution in [0, 0.1) is 5.92 Å². The third kappa shape index (κ3) is 4.49. The van der Waals surface area contributed by atoms with Gasteiger partial charge in [0.2, 0.25) is 0 Å². The van der Waals surface area contributed by atoms with E-state index in [1.165, 1.54) is 0 Å². The molecule has 1 unspecified atom stereocenters. The molecule has 166 valence electrons. The maximum absolute atomic E-state index is 12.8. The zero-order valence-electron chi connectivity index (χ0n) is 16.6. The van der Waals surface area contributed by atoms with Gasteiger partial charge >= 0.3 is 12.6 Å². The number of benzene rings is 1. The number of alkyl halides is 2. The Labute approximate surface area is 182 Å². The van der Waals surface area contributed by atoms with E-state index in [-0.39, 0.29) is 36.7 Å². The highest BCUT2D eigenvalue weighted by molar-refractivity contribution is 6.30. The fourth-order valence-corrected chi connectivity index (χ4v) is 4.18. The summed E-state index contributed by atoms with van der Waals surface area (Å²) in [5.74, 6) is -0.773. The van der Waals surface area contributed by atoms with Crippen molar-refractivity contribution in [3.05, 3.63) is 40.5 Å². The molecule has 2 aliphatic rings. The van der Waals surface area contributed by atoms with E-state index >= 15 is 0 Å². The van der Waals surface area contributed by atoms with Gasteiger partial charge in [0, 0.05) is 29.1 Å². The number of halogens is 3. The molecule has 2 heterocycles. The lowest BCUT2D eigenvalue weighted by atomic mass is 9.80. The highest BCUT2D eigenvalue weighted by Gasteiger charge is 2.35. The smallest absolute Gasteiger partial charge is 0.345 e. The van der Waals surface area contributed by atoms with Gasteiger partial charge in [-0.2, -0.15) is 13.9 Å². The van der Waals surface area contributed by atoms with Gasteiger partial charge in [-0.25, -0.2) is 4.79 Å². The Morgan fingerprint density at radius 3 is 2.77 bits per heavy atom. The summed E-state index contributed by atoms with van der Waals surface area (Å²) in [6.07, 6.45) is 1.43. The summed E-state index contributed by atoms with van der Waals surface area (Å²) < 4.78 is 30.6. The summed E-state index contributed by atoms with van der Waals surface area (Å²) >= 11 is 6.07. The van der Waals surface area contributed by atoms with Crippen molar-refractivity contribution < 1.29 is 23.1 Å². The fourth-order valence-electron chi connectivity index (χ4n) is 3.99. The van der Waals surface area contributed by atoms with Crippen LogP contribution < -0.4 is 11.1 Å². The van der Waals surface area contributed by atoms with E-state index in [2.05, 4.69) is 15.2 Å². The van der Waals surface area contributed by atoms with Crippen molar-refractivity contribution in [2.75, 3.05) is 13.2 Å². The SMILES string of the molecule is NC(=O)c1c(-c2cccc(Cl)c2)nn2c1CN(C(=O)N[C@@H]1CCC1COC(F)F)CC2. The monoisotopic (exact) mass is 453 g/mol. The number of hydrogen-bond donors (Lipinski definition) is 2. The van der Waals surface area contributed by atoms with Gasteiger partial charge in [0.1, 0.15) is 5.69 Å². The van der Waals surface area contributed by atoms with Gasteiger partial charge in [-0.3, -0.25) is 9.48 Å². The van der Waals surface area contributed by atoms with Gasteiger partial charge in [0.25, 0.3) is 5.91 Å². The largest absolute Gasteiger partial charge is 0.365 e. The molecule has 4 rings (SSSR count). The summed E-state index contributed by atoms with van der Waals surface area (Å²) in [6, 6.07) is 6.43. The molecule has 0 bridgehead atoms. The maximum atomic E-state index is 12.8. The van der Waals surface area contributed by atoms with Gasteiger partial charge in [0.15, 0.2) is 0 Å². The van der Waals surface area contributed by atoms with Crippen molar-refractivity contribution >= 4 is 23.5 Å². The summed E-state index contributed by atoms with van der Waals surface area (Å²) in [4.78, 5) is 26.6. The number of nitrogens with one attached hydrogen (secondary N) is 1. The molecular formula is C20H22ClF2N5O3. The van der Waals surface area contributed by atoms with E-state index in [1.807, 2.05) is 0 Å². The third-order valence-electron chi connectivity index (χ3n) is 5.77. The number of urea groups is 1. The van der Waals surface area contributed by atoms with E-state index in [0.29, 0.717) is 41.5 Å². The summed E-state index contributed by atoms with van der Waals surface area (Å²) in [6.45, 7) is -1.97. The predicted molar refractivity (Wildman–Crippen MR) is 109 cm³/mol. The first-order valence-corrected chi connectivity index (χ1v) is 10.3. The lowest BCUT2D eigenvalue weighted by Gasteiger charge is -2.38. The number of carbonyl (C=O) groups excluding carboxylic acids is 2. The average Bonchev–Trinajstić information content (AvgIpc) is 3.10. The Morgan fingerprint density at radius 2 is 2.13 bits per heavy atom. The normalized spacial score (nSPS) is 20.3. The summed E-state index contributed by atoms with van der Waals surface area (Å²) in [5, 5.41) is 7.92. The number of aromatic nitrogens is 2. The van der Waals surface area contributed by atoms with Crippen molar-refractivity contribution in [3.8, 4) is 11.3 Å². The number of fused-ring (bicyclic) bond motifs is 1. The van der Waals surface area contributed by atoms with Gasteiger partial charge in [0.05, 0.1) is 31.0 Å². The molecule has 2 atom stereocenters. The molecule has 1 aromatic carbocycles. The highest BCUT2D eigenvalue weighted by Crippen LogP contribution is 2.31. The first kappa shape index (κ1) is 21.5. The molecule has 0 radical (unpaired) electrons. The molecular weight excluding hydrogens is 432 g/mol. The number of nitrogens with zero attached hydrogens (tertiary/aromatic N) is 3. The van der Waals surface area contributed by atoms with Crippen LogP contribution in [0.1, 0.15) is 28.9 Å². The van der Waals surface area contributed by atoms with Gasteiger partial charge < -0.3 is 20.7 Å². The van der Waals surface area contributed by atoms with Crippen molar-refractivity contribution in [1.82, 2.24) is 20.0 Å². The number of hydrogen-bond acceptors (Lipinski definition) is 4. The van der Waals surface area contributed by atoms with Crippen LogP contribution in [0.2, 0.25) is 5.02 Å². The number of rotatable bonds is 6. The molecule has 31 heavy (non-hydrogen) atoms. The molecule has 0 spiro atoms. The Morgan fingerprint density at radius 1 is 1.32 bits per heavy atom. The average molecular weight is 454 g/mol. The first-order chi connectivity index (χ1) is 14.8. The second kappa shape index (κ2) is 8.80. The van der Waals surface area contributed by atoms with Crippen molar-refractivity contribution in [2.45, 2.75) is 38.6 Å². The zero-order chi connectivity index (χ0) is 22.1. The zero-order valence-corrected chi connectivity index (χ0v) is 17.3. The van der Waals surface area contributed by atoms with E-state index in [4.69, 9.17) is 17.3 Å². The lowest BCUT2D eigenvalue weighted by molar-refractivity contribution is -0.146. The quantitative estimate of drug-likeness (QED) is 0.702. The van der Waals surface area contributed by atoms with E-state index in [9.17, 15) is 18.4 Å². The van der Waals surface area contributed by atoms with Crippen LogP contribution in [0.4, 0.5) is 13.6 Å². The number of amides is 3. The molecule has 1 saturated carbocycles. The minimum Gasteiger partial charge on any atom is -0.365 e. The van der Waals surface area contributed by atoms with E-state index in [0.717, 1.165) is 6.42 Å².